The summed E-state index contributed by atoms with van der Waals surface area (Å²) in [6.45, 7) is 0. The third-order valence-corrected chi connectivity index (χ3v) is 0.821. The van der Waals surface area contributed by atoms with Crippen molar-refractivity contribution < 1.29 is 0 Å². The average Bonchev–Trinajstić information content (AvgIpc) is 2.36. The van der Waals surface area contributed by atoms with Gasteiger partial charge in [-0.15, -0.1) is 0 Å². The zero-order valence-electron chi connectivity index (χ0n) is 4.44. The van der Waals surface area contributed by atoms with Crippen LogP contribution in [0.5, 0.6) is 0 Å². The Labute approximate surface area is 50.3 Å². The molecule has 50 valence electrons. The highest BCUT2D eigenvalue weighted by atomic mass is 15.7. The highest BCUT2D eigenvalue weighted by Crippen LogP contribution is 2.09. The molecule has 0 aromatic carbocycles. The molecule has 9 heavy (non-hydrogen) atoms. The smallest absolute Gasteiger partial charge is 0.267 e. The fourth-order valence-corrected chi connectivity index (χ4v) is 0.347. The Kier molecular flexibility index (Phi) is 1.44. The maximum Gasteiger partial charge on any atom is 0.329 e. The van der Waals surface area contributed by atoms with Crippen molar-refractivity contribution in [3.63, 3.8) is 0 Å². The fraction of sp³-hybridized carbons (Fsp3) is 1.00. The summed E-state index contributed by atoms with van der Waals surface area (Å²) in [5.74, 6) is 8.71. The summed E-state index contributed by atoms with van der Waals surface area (Å²) in [6, 6.07) is 0. The molecule has 0 radical (unpaired) electrons. The summed E-state index contributed by atoms with van der Waals surface area (Å²) in [7, 11) is 0. The molecular weight excluding hydrogens is 124 g/mol. The summed E-state index contributed by atoms with van der Waals surface area (Å²) >= 11 is 0. The molecule has 0 aromatic rings. The number of hydrazine groups is 2. The van der Waals surface area contributed by atoms with Crippen LogP contribution in [0.4, 0.5) is 0 Å². The summed E-state index contributed by atoms with van der Waals surface area (Å²) in [5, 5.41) is 13.2. The Morgan fingerprint density at radius 1 is 1.00 bits per heavy atom. The van der Waals surface area contributed by atoms with Gasteiger partial charge >= 0.3 is 5.91 Å². The van der Waals surface area contributed by atoms with E-state index in [1.165, 1.54) is 0 Å². The molecule has 8 nitrogen and oxygen atoms in total. The molecule has 0 fully saturated rings. The SMILES string of the molecule is NNC1(NN)N=NN=N1. The highest BCUT2D eigenvalue weighted by Gasteiger charge is 2.29. The summed E-state index contributed by atoms with van der Waals surface area (Å²) in [5.41, 5.74) is 4.34. The molecule has 0 aromatic heterocycles. The maximum atomic E-state index is 4.98. The lowest BCUT2D eigenvalue weighted by Crippen LogP contribution is -2.58. The van der Waals surface area contributed by atoms with Crippen molar-refractivity contribution in [2.45, 2.75) is 5.91 Å². The molecule has 0 aliphatic carbocycles. The van der Waals surface area contributed by atoms with Crippen LogP contribution in [0, 0.1) is 0 Å². The predicted octanol–water partition coefficient (Wildman–Crippen LogP) is -1.64. The minimum atomic E-state index is -1.25. The van der Waals surface area contributed by atoms with Crippen LogP contribution in [0.2, 0.25) is 0 Å². The van der Waals surface area contributed by atoms with Gasteiger partial charge in [0.1, 0.15) is 0 Å². The Morgan fingerprint density at radius 2 is 1.44 bits per heavy atom. The molecule has 8 heteroatoms. The Hall–Kier alpha value is -0.960. The van der Waals surface area contributed by atoms with Gasteiger partial charge in [0.15, 0.2) is 0 Å². The van der Waals surface area contributed by atoms with Crippen LogP contribution in [-0.2, 0) is 0 Å². The molecule has 1 rings (SSSR count). The van der Waals surface area contributed by atoms with E-state index in [2.05, 4.69) is 31.5 Å². The summed E-state index contributed by atoms with van der Waals surface area (Å²) < 4.78 is 0. The molecule has 0 saturated heterocycles. The van der Waals surface area contributed by atoms with Gasteiger partial charge in [-0.1, -0.05) is 10.2 Å². The van der Waals surface area contributed by atoms with Crippen LogP contribution in [0.3, 0.4) is 0 Å². The van der Waals surface area contributed by atoms with Crippen molar-refractivity contribution in [3.05, 3.63) is 0 Å². The molecule has 0 atom stereocenters. The number of nitrogens with two attached hydrogens (primary N) is 2. The maximum absolute atomic E-state index is 4.98. The van der Waals surface area contributed by atoms with E-state index >= 15 is 0 Å². The summed E-state index contributed by atoms with van der Waals surface area (Å²) in [6.07, 6.45) is 0. The van der Waals surface area contributed by atoms with Gasteiger partial charge in [-0.25, -0.2) is 0 Å². The first kappa shape index (κ1) is 6.16. The topological polar surface area (TPSA) is 126 Å². The lowest BCUT2D eigenvalue weighted by Gasteiger charge is -2.14. The third kappa shape index (κ3) is 0.907. The average molecular weight is 130 g/mol. The number of hydrogen-bond acceptors (Lipinski definition) is 8. The zero-order valence-corrected chi connectivity index (χ0v) is 4.44. The largest absolute Gasteiger partial charge is 0.329 e. The number of hydrogen-bond donors (Lipinski definition) is 4. The van der Waals surface area contributed by atoms with E-state index in [1.807, 2.05) is 0 Å². The number of rotatable bonds is 2. The molecule has 0 saturated carbocycles. The van der Waals surface area contributed by atoms with E-state index in [4.69, 9.17) is 11.7 Å². The van der Waals surface area contributed by atoms with Gasteiger partial charge in [0.25, 0.3) is 0 Å². The van der Waals surface area contributed by atoms with Crippen LogP contribution < -0.4 is 22.5 Å². The van der Waals surface area contributed by atoms with Gasteiger partial charge in [0, 0.05) is 0 Å². The first-order valence-electron chi connectivity index (χ1n) is 2.12. The quantitative estimate of drug-likeness (QED) is 0.203. The molecule has 0 spiro atoms. The third-order valence-electron chi connectivity index (χ3n) is 0.821. The molecule has 0 unspecified atom stereocenters. The molecule has 1 aliphatic heterocycles. The van der Waals surface area contributed by atoms with Gasteiger partial charge < -0.3 is 0 Å². The Balaban J connectivity index is 2.69. The molecule has 1 heterocycles. The van der Waals surface area contributed by atoms with Crippen LogP contribution in [0.25, 0.3) is 0 Å². The summed E-state index contributed by atoms with van der Waals surface area (Å²) in [4.78, 5) is 0. The monoisotopic (exact) mass is 130 g/mol. The zero-order chi connectivity index (χ0) is 6.74. The van der Waals surface area contributed by atoms with Gasteiger partial charge in [-0.05, 0) is 10.4 Å². The standard InChI is InChI=1S/CH6N8/c2-4-1(5-3)6-8-9-7-1/h4-5H,2-3H2. The molecule has 0 bridgehead atoms. The minimum Gasteiger partial charge on any atom is -0.267 e. The Morgan fingerprint density at radius 3 is 1.67 bits per heavy atom. The van der Waals surface area contributed by atoms with E-state index < -0.39 is 5.91 Å². The lowest BCUT2D eigenvalue weighted by atomic mass is 10.7. The van der Waals surface area contributed by atoms with Gasteiger partial charge in [0.2, 0.25) is 0 Å². The van der Waals surface area contributed by atoms with Crippen molar-refractivity contribution in [1.82, 2.24) is 10.9 Å². The second-order valence-corrected chi connectivity index (χ2v) is 1.34. The van der Waals surface area contributed by atoms with Crippen molar-refractivity contribution in [2.24, 2.45) is 32.4 Å². The van der Waals surface area contributed by atoms with Gasteiger partial charge in [-0.2, -0.15) is 10.9 Å². The van der Waals surface area contributed by atoms with Crippen LogP contribution in [0.1, 0.15) is 0 Å². The molecular formula is CH6N8. The van der Waals surface area contributed by atoms with E-state index in [9.17, 15) is 0 Å². The van der Waals surface area contributed by atoms with E-state index in [0.717, 1.165) is 0 Å². The predicted molar refractivity (Wildman–Crippen MR) is 27.1 cm³/mol. The van der Waals surface area contributed by atoms with E-state index in [0.29, 0.717) is 0 Å². The normalized spacial score (nSPS) is 21.1. The fourth-order valence-electron chi connectivity index (χ4n) is 0.347. The molecule has 1 aliphatic rings. The van der Waals surface area contributed by atoms with Crippen molar-refractivity contribution in [1.29, 1.82) is 0 Å². The van der Waals surface area contributed by atoms with Crippen LogP contribution in [0.15, 0.2) is 20.7 Å². The van der Waals surface area contributed by atoms with Crippen molar-refractivity contribution in [2.75, 3.05) is 0 Å². The van der Waals surface area contributed by atoms with Crippen molar-refractivity contribution >= 4 is 0 Å². The Bertz CT molecular complexity index is 127. The van der Waals surface area contributed by atoms with Gasteiger partial charge in [-0.3, -0.25) is 11.7 Å². The first-order chi connectivity index (χ1) is 4.33. The number of nitrogens with zero attached hydrogens (tertiary/aromatic N) is 4. The minimum absolute atomic E-state index is 1.25. The van der Waals surface area contributed by atoms with E-state index in [-0.39, 0.29) is 0 Å². The highest BCUT2D eigenvalue weighted by molar-refractivity contribution is 4.72. The molecule has 0 amide bonds. The second kappa shape index (κ2) is 2.11. The van der Waals surface area contributed by atoms with Crippen molar-refractivity contribution in [3.8, 4) is 0 Å². The van der Waals surface area contributed by atoms with Crippen LogP contribution in [-0.4, -0.2) is 5.91 Å². The number of nitrogens with one attached hydrogen (secondary N) is 2. The van der Waals surface area contributed by atoms with E-state index in [1.54, 1.807) is 0 Å². The molecule has 6 N–H and O–H groups in total. The second-order valence-electron chi connectivity index (χ2n) is 1.34. The first-order valence-corrected chi connectivity index (χ1v) is 2.12. The van der Waals surface area contributed by atoms with Gasteiger partial charge in [0.05, 0.1) is 0 Å². The van der Waals surface area contributed by atoms with Crippen LogP contribution >= 0.6 is 0 Å². The lowest BCUT2D eigenvalue weighted by molar-refractivity contribution is 0.283.